The Morgan fingerprint density at radius 1 is 1.20 bits per heavy atom. The highest BCUT2D eigenvalue weighted by Crippen LogP contribution is 2.33. The monoisotopic (exact) mass is 346 g/mol. The number of amides is 1. The molecular formula is C18H22N2O5. The van der Waals surface area contributed by atoms with Crippen LogP contribution in [-0.4, -0.2) is 34.8 Å². The van der Waals surface area contributed by atoms with Crippen molar-refractivity contribution in [2.24, 2.45) is 11.8 Å². The van der Waals surface area contributed by atoms with Gasteiger partial charge in [-0.2, -0.15) is 0 Å². The molecule has 2 fully saturated rings. The third kappa shape index (κ3) is 4.15. The molecule has 3 rings (SSSR count). The van der Waals surface area contributed by atoms with E-state index < -0.39 is 11.0 Å². The van der Waals surface area contributed by atoms with Gasteiger partial charge in [0.25, 0.3) is 5.69 Å². The van der Waals surface area contributed by atoms with E-state index in [1.165, 1.54) is 12.1 Å². The summed E-state index contributed by atoms with van der Waals surface area (Å²) in [5, 5.41) is 10.7. The van der Waals surface area contributed by atoms with Gasteiger partial charge in [-0.1, -0.05) is 0 Å². The van der Waals surface area contributed by atoms with E-state index in [0.29, 0.717) is 12.1 Å². The summed E-state index contributed by atoms with van der Waals surface area (Å²) in [6.07, 6.45) is 2.97. The van der Waals surface area contributed by atoms with E-state index in [4.69, 9.17) is 4.74 Å². The van der Waals surface area contributed by atoms with Crippen LogP contribution in [0.1, 0.15) is 44.3 Å². The summed E-state index contributed by atoms with van der Waals surface area (Å²) >= 11 is 0. The first kappa shape index (κ1) is 17.4. The van der Waals surface area contributed by atoms with Crippen molar-refractivity contribution >= 4 is 17.6 Å². The van der Waals surface area contributed by atoms with Crippen LogP contribution in [0.5, 0.6) is 0 Å². The van der Waals surface area contributed by atoms with Crippen LogP contribution >= 0.6 is 0 Å². The molecule has 0 N–H and O–H groups in total. The van der Waals surface area contributed by atoms with Gasteiger partial charge in [0.2, 0.25) is 5.91 Å². The number of carbonyl (C=O) groups excluding carboxylic acids is 2. The number of nitro groups is 1. The summed E-state index contributed by atoms with van der Waals surface area (Å²) in [5.74, 6) is -0.272. The summed E-state index contributed by atoms with van der Waals surface area (Å²) in [5.41, 5.74) is 0.712. The highest BCUT2D eigenvalue weighted by molar-refractivity contribution is 5.82. The number of rotatable bonds is 5. The van der Waals surface area contributed by atoms with E-state index in [2.05, 4.69) is 0 Å². The minimum Gasteiger partial charge on any atom is -0.458 e. The molecule has 2 aliphatic rings. The van der Waals surface area contributed by atoms with Crippen LogP contribution in [0.4, 0.5) is 5.69 Å². The van der Waals surface area contributed by atoms with E-state index >= 15 is 0 Å². The number of piperidine rings is 1. The lowest BCUT2D eigenvalue weighted by Gasteiger charge is -2.32. The molecule has 0 unspecified atom stereocenters. The zero-order valence-corrected chi connectivity index (χ0v) is 14.2. The average Bonchev–Trinajstić information content (AvgIpc) is 3.46. The molecule has 0 bridgehead atoms. The fraction of sp³-hybridized carbons (Fsp3) is 0.556. The zero-order chi connectivity index (χ0) is 18.0. The Balaban J connectivity index is 1.56. The first-order chi connectivity index (χ1) is 12.0. The SMILES string of the molecule is C[C@H](OC(=O)[C@H]1CCCN(C(=O)C2CC2)C1)c1ccc([N+](=O)[O-])cc1. The first-order valence-electron chi connectivity index (χ1n) is 8.69. The van der Waals surface area contributed by atoms with E-state index in [0.717, 1.165) is 32.2 Å². The van der Waals surface area contributed by atoms with Gasteiger partial charge in [-0.05, 0) is 50.3 Å². The fourth-order valence-electron chi connectivity index (χ4n) is 3.16. The Morgan fingerprint density at radius 3 is 2.48 bits per heavy atom. The molecule has 1 heterocycles. The second-order valence-corrected chi connectivity index (χ2v) is 6.83. The van der Waals surface area contributed by atoms with E-state index in [1.807, 2.05) is 0 Å². The summed E-state index contributed by atoms with van der Waals surface area (Å²) in [7, 11) is 0. The lowest BCUT2D eigenvalue weighted by atomic mass is 9.97. The van der Waals surface area contributed by atoms with E-state index in [9.17, 15) is 19.7 Å². The summed E-state index contributed by atoms with van der Waals surface area (Å²) < 4.78 is 5.53. The molecule has 0 radical (unpaired) electrons. The number of carbonyl (C=O) groups is 2. The summed E-state index contributed by atoms with van der Waals surface area (Å²) in [6.45, 7) is 2.90. The second-order valence-electron chi connectivity index (χ2n) is 6.83. The van der Waals surface area contributed by atoms with Gasteiger partial charge >= 0.3 is 5.97 Å². The van der Waals surface area contributed by atoms with Crippen molar-refractivity contribution in [3.63, 3.8) is 0 Å². The van der Waals surface area contributed by atoms with Crippen LogP contribution in [0.15, 0.2) is 24.3 Å². The summed E-state index contributed by atoms with van der Waals surface area (Å²) in [4.78, 5) is 36.6. The maximum atomic E-state index is 12.4. The van der Waals surface area contributed by atoms with Gasteiger partial charge in [-0.15, -0.1) is 0 Å². The van der Waals surface area contributed by atoms with Gasteiger partial charge < -0.3 is 9.64 Å². The number of nitro benzene ring substituents is 1. The molecule has 1 aliphatic heterocycles. The van der Waals surface area contributed by atoms with Gasteiger partial charge in [0.1, 0.15) is 6.10 Å². The molecule has 7 nitrogen and oxygen atoms in total. The van der Waals surface area contributed by atoms with Gasteiger partial charge in [-0.3, -0.25) is 19.7 Å². The number of benzene rings is 1. The molecule has 2 atom stereocenters. The second kappa shape index (κ2) is 7.21. The molecule has 1 saturated carbocycles. The Labute approximate surface area is 146 Å². The van der Waals surface area contributed by atoms with Crippen molar-refractivity contribution in [2.75, 3.05) is 13.1 Å². The average molecular weight is 346 g/mol. The Morgan fingerprint density at radius 2 is 1.88 bits per heavy atom. The van der Waals surface area contributed by atoms with Crippen molar-refractivity contribution in [1.29, 1.82) is 0 Å². The number of hydrogen-bond donors (Lipinski definition) is 0. The number of esters is 1. The van der Waals surface area contributed by atoms with Crippen LogP contribution in [0.25, 0.3) is 0 Å². The molecule has 1 aliphatic carbocycles. The third-order valence-corrected chi connectivity index (χ3v) is 4.86. The molecule has 7 heteroatoms. The van der Waals surface area contributed by atoms with Crippen LogP contribution < -0.4 is 0 Å². The van der Waals surface area contributed by atoms with E-state index in [1.54, 1.807) is 24.0 Å². The van der Waals surface area contributed by atoms with Crippen LogP contribution in [0, 0.1) is 22.0 Å². The normalized spacial score (nSPS) is 21.5. The quantitative estimate of drug-likeness (QED) is 0.464. The van der Waals surface area contributed by atoms with Gasteiger partial charge in [0, 0.05) is 31.1 Å². The van der Waals surface area contributed by atoms with Crippen molar-refractivity contribution in [3.05, 3.63) is 39.9 Å². The van der Waals surface area contributed by atoms with Gasteiger partial charge in [0.05, 0.1) is 10.8 Å². The highest BCUT2D eigenvalue weighted by atomic mass is 16.6. The van der Waals surface area contributed by atoms with Crippen molar-refractivity contribution < 1.29 is 19.2 Å². The predicted octanol–water partition coefficient (Wildman–Crippen LogP) is 2.85. The largest absolute Gasteiger partial charge is 0.458 e. The van der Waals surface area contributed by atoms with Crippen molar-refractivity contribution in [3.8, 4) is 0 Å². The third-order valence-electron chi connectivity index (χ3n) is 4.86. The van der Waals surface area contributed by atoms with Crippen LogP contribution in [0.2, 0.25) is 0 Å². The van der Waals surface area contributed by atoms with Crippen molar-refractivity contribution in [2.45, 2.75) is 38.7 Å². The topological polar surface area (TPSA) is 89.8 Å². The fourth-order valence-corrected chi connectivity index (χ4v) is 3.16. The lowest BCUT2D eigenvalue weighted by molar-refractivity contribution is -0.384. The molecule has 0 spiro atoms. The first-order valence-corrected chi connectivity index (χ1v) is 8.69. The lowest BCUT2D eigenvalue weighted by Crippen LogP contribution is -2.43. The van der Waals surface area contributed by atoms with Gasteiger partial charge in [-0.25, -0.2) is 0 Å². The van der Waals surface area contributed by atoms with Crippen molar-refractivity contribution in [1.82, 2.24) is 4.90 Å². The minimum absolute atomic E-state index is 0.00351. The van der Waals surface area contributed by atoms with Crippen LogP contribution in [-0.2, 0) is 14.3 Å². The maximum Gasteiger partial charge on any atom is 0.311 e. The Kier molecular flexibility index (Phi) is 5.01. The van der Waals surface area contributed by atoms with Gasteiger partial charge in [0.15, 0.2) is 0 Å². The van der Waals surface area contributed by atoms with Crippen LogP contribution in [0.3, 0.4) is 0 Å². The number of ether oxygens (including phenoxy) is 1. The smallest absolute Gasteiger partial charge is 0.311 e. The summed E-state index contributed by atoms with van der Waals surface area (Å²) in [6, 6.07) is 5.99. The molecule has 0 aromatic heterocycles. The number of hydrogen-bond acceptors (Lipinski definition) is 5. The standard InChI is InChI=1S/C18H22N2O5/c1-12(13-6-8-16(9-7-13)20(23)24)25-18(22)15-3-2-10-19(11-15)17(21)14-4-5-14/h6-9,12,14-15H,2-5,10-11H2,1H3/t12-,15-/m0/s1. The number of likely N-dealkylation sites (tertiary alicyclic amines) is 1. The highest BCUT2D eigenvalue weighted by Gasteiger charge is 2.37. The Hall–Kier alpha value is -2.44. The molecule has 1 aromatic rings. The molecule has 1 amide bonds. The minimum atomic E-state index is -0.484. The molecule has 134 valence electrons. The zero-order valence-electron chi connectivity index (χ0n) is 14.2. The molecule has 25 heavy (non-hydrogen) atoms. The molecular weight excluding hydrogens is 324 g/mol. The molecule has 1 saturated heterocycles. The Bertz CT molecular complexity index is 669. The maximum absolute atomic E-state index is 12.4. The number of non-ortho nitro benzene ring substituents is 1. The predicted molar refractivity (Wildman–Crippen MR) is 89.6 cm³/mol. The molecule has 1 aromatic carbocycles. The number of nitrogens with zero attached hydrogens (tertiary/aromatic N) is 2. The van der Waals surface area contributed by atoms with E-state index in [-0.39, 0.29) is 29.4 Å².